The van der Waals surface area contributed by atoms with Gasteiger partial charge in [-0.3, -0.25) is 0 Å². The van der Waals surface area contributed by atoms with Crippen LogP contribution in [0.3, 0.4) is 0 Å². The van der Waals surface area contributed by atoms with Crippen LogP contribution in [0.5, 0.6) is 0 Å². The van der Waals surface area contributed by atoms with Gasteiger partial charge < -0.3 is 14.0 Å². The van der Waals surface area contributed by atoms with Crippen molar-refractivity contribution in [3.05, 3.63) is 24.3 Å². The number of aliphatic hydroxyl groups is 1. The molecule has 35 heavy (non-hydrogen) atoms. The molecule has 0 aromatic carbocycles. The van der Waals surface area contributed by atoms with E-state index in [1.807, 2.05) is 0 Å². The molecule has 2 aliphatic carbocycles. The predicted octanol–water partition coefficient (Wildman–Crippen LogP) is 8.87. The monoisotopic (exact) mass is 522 g/mol. The number of rotatable bonds is 13. The summed E-state index contributed by atoms with van der Waals surface area (Å²) in [5, 5.41) is 11.0. The molecule has 5 heteroatoms. The summed E-state index contributed by atoms with van der Waals surface area (Å²) in [6.45, 7) is 27.5. The maximum Gasteiger partial charge on any atom is 0.192 e. The molecule has 0 saturated heterocycles. The zero-order valence-electron chi connectivity index (χ0n) is 24.9. The zero-order valence-corrected chi connectivity index (χ0v) is 26.9. The number of hydrogen-bond acceptors (Lipinski definition) is 3. The minimum Gasteiger partial charge on any atom is -0.413 e. The first-order valence-corrected chi connectivity index (χ1v) is 20.5. The Morgan fingerprint density at radius 1 is 1.03 bits per heavy atom. The lowest BCUT2D eigenvalue weighted by Crippen LogP contribution is -2.45. The van der Waals surface area contributed by atoms with E-state index in [0.717, 1.165) is 31.3 Å². The van der Waals surface area contributed by atoms with E-state index in [2.05, 4.69) is 86.5 Å². The van der Waals surface area contributed by atoms with Crippen molar-refractivity contribution >= 4 is 16.6 Å². The van der Waals surface area contributed by atoms with Crippen LogP contribution in [0.1, 0.15) is 92.9 Å². The van der Waals surface area contributed by atoms with Crippen molar-refractivity contribution in [3.63, 3.8) is 0 Å². The zero-order chi connectivity index (χ0) is 26.7. The molecule has 2 aliphatic rings. The van der Waals surface area contributed by atoms with Crippen molar-refractivity contribution < 1.29 is 14.0 Å². The molecule has 0 bridgehead atoms. The second-order valence-electron chi connectivity index (χ2n) is 14.0. The highest BCUT2D eigenvalue weighted by Gasteiger charge is 2.52. The number of hydrogen-bond donors (Lipinski definition) is 1. The Bertz CT molecular complexity index is 724. The van der Waals surface area contributed by atoms with E-state index in [-0.39, 0.29) is 28.8 Å². The summed E-state index contributed by atoms with van der Waals surface area (Å²) in [4.78, 5) is 0. The quantitative estimate of drug-likeness (QED) is 0.194. The molecule has 2 fully saturated rings. The van der Waals surface area contributed by atoms with E-state index in [9.17, 15) is 5.11 Å². The topological polar surface area (TPSA) is 38.7 Å². The fourth-order valence-electron chi connectivity index (χ4n) is 6.03. The Labute approximate surface area is 220 Å². The lowest BCUT2D eigenvalue weighted by Gasteiger charge is -2.40. The van der Waals surface area contributed by atoms with Gasteiger partial charge in [0.05, 0.1) is 17.8 Å². The summed E-state index contributed by atoms with van der Waals surface area (Å²) in [6.07, 6.45) is 13.6. The molecule has 0 aromatic rings. The lowest BCUT2D eigenvalue weighted by molar-refractivity contribution is 0.0690. The Hall–Kier alpha value is -0.206. The fraction of sp³-hybridized carbons (Fsp3) is 0.867. The van der Waals surface area contributed by atoms with Crippen LogP contribution in [0, 0.1) is 17.8 Å². The standard InChI is InChI=1S/C30H58O3Si2/c1-12-14-18-30(7,33-34(8,9)20-15-13-2)19-16-17-24-25-21-23(3)28(31)26(25)22-27(24)32-35(10,11)29(4,5)6/h16-17,24-28,31H,3,12-15,18-22H2,1-2,4-11H3/t24-,25+,26-,27-,28?,30?/m0/s1. The Kier molecular flexibility index (Phi) is 10.7. The van der Waals surface area contributed by atoms with E-state index >= 15 is 0 Å². The molecule has 6 atom stereocenters. The van der Waals surface area contributed by atoms with Gasteiger partial charge in [0.1, 0.15) is 0 Å². The normalized spacial score (nSPS) is 29.7. The van der Waals surface area contributed by atoms with Gasteiger partial charge in [-0.2, -0.15) is 0 Å². The molecule has 0 amide bonds. The molecule has 0 aliphatic heterocycles. The van der Waals surface area contributed by atoms with E-state index in [1.165, 1.54) is 31.7 Å². The summed E-state index contributed by atoms with van der Waals surface area (Å²) < 4.78 is 14.0. The first-order chi connectivity index (χ1) is 16.1. The van der Waals surface area contributed by atoms with Gasteiger partial charge >= 0.3 is 0 Å². The van der Waals surface area contributed by atoms with Crippen molar-refractivity contribution in [3.8, 4) is 0 Å². The number of unbranched alkanes of at least 4 members (excludes halogenated alkanes) is 2. The molecule has 1 N–H and O–H groups in total. The maximum atomic E-state index is 10.8. The predicted molar refractivity (Wildman–Crippen MR) is 157 cm³/mol. The van der Waals surface area contributed by atoms with Crippen LogP contribution in [-0.2, 0) is 8.85 Å². The lowest BCUT2D eigenvalue weighted by atomic mass is 9.89. The van der Waals surface area contributed by atoms with Crippen molar-refractivity contribution in [2.45, 2.75) is 148 Å². The van der Waals surface area contributed by atoms with Gasteiger partial charge in [0.15, 0.2) is 16.6 Å². The third-order valence-electron chi connectivity index (χ3n) is 9.17. The minimum absolute atomic E-state index is 0.0947. The highest BCUT2D eigenvalue weighted by atomic mass is 28.4. The van der Waals surface area contributed by atoms with Crippen LogP contribution in [0.25, 0.3) is 0 Å². The Morgan fingerprint density at radius 3 is 2.23 bits per heavy atom. The van der Waals surface area contributed by atoms with Crippen molar-refractivity contribution in [1.29, 1.82) is 0 Å². The molecule has 2 saturated carbocycles. The summed E-state index contributed by atoms with van der Waals surface area (Å²) in [5.41, 5.74) is 0.923. The van der Waals surface area contributed by atoms with Gasteiger partial charge in [-0.15, -0.1) is 0 Å². The Balaban J connectivity index is 2.22. The second-order valence-corrected chi connectivity index (χ2v) is 23.0. The van der Waals surface area contributed by atoms with Crippen molar-refractivity contribution in [1.82, 2.24) is 0 Å². The molecule has 3 nitrogen and oxygen atoms in total. The van der Waals surface area contributed by atoms with Gasteiger partial charge in [0, 0.05) is 5.92 Å². The van der Waals surface area contributed by atoms with Gasteiger partial charge in [-0.25, -0.2) is 0 Å². The SMILES string of the molecule is C=C1C[C@@H]2[C@H](C=CCC(C)(CCCC)O[Si](C)(C)CCCC)[C@@H](O[Si](C)(C)C(C)(C)C)C[C@@H]2C1O. The smallest absolute Gasteiger partial charge is 0.192 e. The minimum atomic E-state index is -1.89. The molecule has 0 heterocycles. The average molecular weight is 523 g/mol. The highest BCUT2D eigenvalue weighted by molar-refractivity contribution is 6.74. The summed E-state index contributed by atoms with van der Waals surface area (Å²) in [5.74, 6) is 1.08. The van der Waals surface area contributed by atoms with Crippen LogP contribution in [0.15, 0.2) is 24.3 Å². The van der Waals surface area contributed by atoms with Crippen LogP contribution >= 0.6 is 0 Å². The van der Waals surface area contributed by atoms with Gasteiger partial charge in [-0.05, 0) is 87.3 Å². The Morgan fingerprint density at radius 2 is 1.66 bits per heavy atom. The first-order valence-electron chi connectivity index (χ1n) is 14.5. The van der Waals surface area contributed by atoms with E-state index in [1.54, 1.807) is 0 Å². The molecular formula is C30H58O3Si2. The fourth-order valence-corrected chi connectivity index (χ4v) is 10.2. The molecule has 2 unspecified atom stereocenters. The van der Waals surface area contributed by atoms with E-state index in [4.69, 9.17) is 8.85 Å². The van der Waals surface area contributed by atoms with Crippen LogP contribution in [-0.4, -0.2) is 39.6 Å². The third-order valence-corrected chi connectivity index (χ3v) is 16.3. The summed E-state index contributed by atoms with van der Waals surface area (Å²) in [6, 6.07) is 1.24. The molecule has 0 radical (unpaired) electrons. The molecule has 204 valence electrons. The second kappa shape index (κ2) is 12.1. The third kappa shape index (κ3) is 8.14. The van der Waals surface area contributed by atoms with Crippen LogP contribution in [0.4, 0.5) is 0 Å². The molecule has 2 rings (SSSR count). The average Bonchev–Trinajstić information content (AvgIpc) is 3.19. The molecule has 0 spiro atoms. The molecular weight excluding hydrogens is 464 g/mol. The van der Waals surface area contributed by atoms with Crippen LogP contribution in [0.2, 0.25) is 37.3 Å². The van der Waals surface area contributed by atoms with Gasteiger partial charge in [-0.1, -0.05) is 79.0 Å². The largest absolute Gasteiger partial charge is 0.413 e. The van der Waals surface area contributed by atoms with E-state index in [0.29, 0.717) is 11.8 Å². The van der Waals surface area contributed by atoms with E-state index < -0.39 is 16.6 Å². The highest BCUT2D eigenvalue weighted by Crippen LogP contribution is 2.53. The molecule has 0 aromatic heterocycles. The van der Waals surface area contributed by atoms with Gasteiger partial charge in [0.2, 0.25) is 0 Å². The summed E-state index contributed by atoms with van der Waals surface area (Å²) >= 11 is 0. The van der Waals surface area contributed by atoms with Crippen molar-refractivity contribution in [2.24, 2.45) is 17.8 Å². The summed E-state index contributed by atoms with van der Waals surface area (Å²) in [7, 11) is -3.59. The first kappa shape index (κ1) is 31.0. The number of aliphatic hydroxyl groups excluding tert-OH is 1. The van der Waals surface area contributed by atoms with Gasteiger partial charge in [0.25, 0.3) is 0 Å². The number of fused-ring (bicyclic) bond motifs is 1. The van der Waals surface area contributed by atoms with Crippen LogP contribution < -0.4 is 0 Å². The maximum absolute atomic E-state index is 10.8. The van der Waals surface area contributed by atoms with Crippen molar-refractivity contribution in [2.75, 3.05) is 0 Å².